The molecule has 0 radical (unpaired) electrons. The summed E-state index contributed by atoms with van der Waals surface area (Å²) in [5.74, 6) is 0.328. The fraction of sp³-hybridized carbons (Fsp3) is 0.100. The predicted molar refractivity (Wildman–Crippen MR) is 49.2 cm³/mol. The lowest BCUT2D eigenvalue weighted by atomic mass is 10.0. The summed E-state index contributed by atoms with van der Waals surface area (Å²) in [6.45, 7) is 0. The molecule has 2 nitrogen and oxygen atoms in total. The molecule has 1 aromatic carbocycles. The van der Waals surface area contributed by atoms with Gasteiger partial charge >= 0.3 is 0 Å². The van der Waals surface area contributed by atoms with Crippen LogP contribution in [0.1, 0.15) is 12.0 Å². The van der Waals surface area contributed by atoms with Gasteiger partial charge in [-0.05, 0) is 11.6 Å². The molecule has 1 heterocycles. The molecule has 0 atom stereocenters. The van der Waals surface area contributed by atoms with Gasteiger partial charge in [-0.25, -0.2) is 0 Å². The van der Waals surface area contributed by atoms with Crippen molar-refractivity contribution in [2.45, 2.75) is 6.42 Å². The van der Waals surface area contributed by atoms with Gasteiger partial charge in [-0.1, -0.05) is 18.2 Å². The van der Waals surface area contributed by atoms with Crippen LogP contribution in [0.4, 0.5) is 0 Å². The first-order chi connectivity index (χ1) is 5.88. The summed E-state index contributed by atoms with van der Waals surface area (Å²) in [5, 5.41) is 9.47. The Hall–Kier alpha value is -1.57. The maximum absolute atomic E-state index is 9.47. The molecule has 0 saturated carbocycles. The monoisotopic (exact) mass is 159 g/mol. The lowest BCUT2D eigenvalue weighted by Crippen LogP contribution is -1.82. The second-order valence-electron chi connectivity index (χ2n) is 2.71. The van der Waals surface area contributed by atoms with E-state index < -0.39 is 0 Å². The Balaban J connectivity index is 2.40. The van der Waals surface area contributed by atoms with Crippen LogP contribution in [0.15, 0.2) is 35.5 Å². The molecule has 0 unspecified atom stereocenters. The zero-order valence-corrected chi connectivity index (χ0v) is 6.57. The van der Waals surface area contributed by atoms with E-state index in [4.69, 9.17) is 0 Å². The third kappa shape index (κ3) is 1.11. The van der Waals surface area contributed by atoms with Crippen molar-refractivity contribution in [2.24, 2.45) is 4.99 Å². The first-order valence-corrected chi connectivity index (χ1v) is 3.87. The molecule has 0 saturated heterocycles. The van der Waals surface area contributed by atoms with Crippen molar-refractivity contribution >= 4 is 11.8 Å². The number of rotatable bonds is 1. The maximum Gasteiger partial charge on any atom is 0.123 e. The van der Waals surface area contributed by atoms with E-state index in [0.29, 0.717) is 5.75 Å². The van der Waals surface area contributed by atoms with E-state index in [0.717, 1.165) is 17.6 Å². The van der Waals surface area contributed by atoms with E-state index in [1.807, 2.05) is 24.4 Å². The van der Waals surface area contributed by atoms with Crippen LogP contribution in [0.25, 0.3) is 5.57 Å². The molecule has 1 N–H and O–H groups in total. The van der Waals surface area contributed by atoms with Crippen molar-refractivity contribution < 1.29 is 5.11 Å². The first-order valence-electron chi connectivity index (χ1n) is 3.87. The van der Waals surface area contributed by atoms with Gasteiger partial charge in [-0.2, -0.15) is 0 Å². The molecule has 0 spiro atoms. The summed E-state index contributed by atoms with van der Waals surface area (Å²) in [6, 6.07) is 7.31. The second kappa shape index (κ2) is 2.81. The van der Waals surface area contributed by atoms with Gasteiger partial charge in [-0.3, -0.25) is 4.99 Å². The molecule has 0 bridgehead atoms. The SMILES string of the molecule is Oc1ccccc1C1=CN=CC1. The molecule has 0 fully saturated rings. The number of hydrogen-bond donors (Lipinski definition) is 1. The van der Waals surface area contributed by atoms with Crippen molar-refractivity contribution in [1.29, 1.82) is 0 Å². The van der Waals surface area contributed by atoms with Gasteiger partial charge in [0.05, 0.1) is 0 Å². The number of nitrogens with zero attached hydrogens (tertiary/aromatic N) is 1. The number of para-hydroxylation sites is 1. The summed E-state index contributed by atoms with van der Waals surface area (Å²) < 4.78 is 0. The van der Waals surface area contributed by atoms with Gasteiger partial charge in [0.15, 0.2) is 0 Å². The van der Waals surface area contributed by atoms with Crippen molar-refractivity contribution in [3.8, 4) is 5.75 Å². The van der Waals surface area contributed by atoms with Crippen molar-refractivity contribution in [3.63, 3.8) is 0 Å². The average molecular weight is 159 g/mol. The third-order valence-corrected chi connectivity index (χ3v) is 1.90. The van der Waals surface area contributed by atoms with Crippen LogP contribution in [0, 0.1) is 0 Å². The predicted octanol–water partition coefficient (Wildman–Crippen LogP) is 2.21. The summed E-state index contributed by atoms with van der Waals surface area (Å²) >= 11 is 0. The molecule has 0 aromatic heterocycles. The molecular weight excluding hydrogens is 150 g/mol. The number of benzene rings is 1. The van der Waals surface area contributed by atoms with Gasteiger partial charge in [0, 0.05) is 24.4 Å². The Labute approximate surface area is 70.9 Å². The van der Waals surface area contributed by atoms with E-state index in [9.17, 15) is 5.11 Å². The normalized spacial score (nSPS) is 14.8. The fourth-order valence-electron chi connectivity index (χ4n) is 1.27. The summed E-state index contributed by atoms with van der Waals surface area (Å²) in [4.78, 5) is 3.98. The van der Waals surface area contributed by atoms with Crippen molar-refractivity contribution in [2.75, 3.05) is 0 Å². The van der Waals surface area contributed by atoms with Crippen LogP contribution in [-0.2, 0) is 0 Å². The standard InChI is InChI=1S/C10H9NO/c12-10-4-2-1-3-9(10)8-5-6-11-7-8/h1-4,6-7,12H,5H2. The van der Waals surface area contributed by atoms with Gasteiger partial charge in [-0.15, -0.1) is 0 Å². The summed E-state index contributed by atoms with van der Waals surface area (Å²) in [6.07, 6.45) is 4.44. The molecular formula is C10H9NO. The smallest absolute Gasteiger partial charge is 0.123 e. The number of allylic oxidation sites excluding steroid dienone is 1. The minimum Gasteiger partial charge on any atom is -0.507 e. The topological polar surface area (TPSA) is 32.6 Å². The van der Waals surface area contributed by atoms with E-state index in [1.165, 1.54) is 0 Å². The zero-order valence-electron chi connectivity index (χ0n) is 6.57. The third-order valence-electron chi connectivity index (χ3n) is 1.90. The molecule has 2 rings (SSSR count). The number of phenolic OH excluding ortho intramolecular Hbond substituents is 1. The Kier molecular flexibility index (Phi) is 1.67. The van der Waals surface area contributed by atoms with E-state index in [-0.39, 0.29) is 0 Å². The largest absolute Gasteiger partial charge is 0.507 e. The molecule has 0 amide bonds. The summed E-state index contributed by atoms with van der Waals surface area (Å²) in [5.41, 5.74) is 1.96. The zero-order chi connectivity index (χ0) is 8.39. The van der Waals surface area contributed by atoms with Gasteiger partial charge < -0.3 is 5.11 Å². The van der Waals surface area contributed by atoms with Crippen molar-refractivity contribution in [3.05, 3.63) is 36.0 Å². The highest BCUT2D eigenvalue weighted by molar-refractivity contribution is 5.85. The Morgan fingerprint density at radius 1 is 1.25 bits per heavy atom. The second-order valence-corrected chi connectivity index (χ2v) is 2.71. The van der Waals surface area contributed by atoms with E-state index >= 15 is 0 Å². The Morgan fingerprint density at radius 3 is 2.75 bits per heavy atom. The highest BCUT2D eigenvalue weighted by Crippen LogP contribution is 2.28. The highest BCUT2D eigenvalue weighted by Gasteiger charge is 2.07. The van der Waals surface area contributed by atoms with Crippen molar-refractivity contribution in [1.82, 2.24) is 0 Å². The quantitative estimate of drug-likeness (QED) is 0.669. The number of hydrogen-bond acceptors (Lipinski definition) is 2. The van der Waals surface area contributed by atoms with E-state index in [2.05, 4.69) is 4.99 Å². The lowest BCUT2D eigenvalue weighted by Gasteiger charge is -2.02. The molecule has 0 aliphatic carbocycles. The van der Waals surface area contributed by atoms with Crippen LogP contribution in [0.3, 0.4) is 0 Å². The molecule has 1 aliphatic heterocycles. The van der Waals surface area contributed by atoms with E-state index in [1.54, 1.807) is 12.3 Å². The molecule has 60 valence electrons. The van der Waals surface area contributed by atoms with Crippen LogP contribution in [0.2, 0.25) is 0 Å². The molecule has 12 heavy (non-hydrogen) atoms. The minimum atomic E-state index is 0.328. The van der Waals surface area contributed by atoms with Crippen LogP contribution in [0.5, 0.6) is 5.75 Å². The minimum absolute atomic E-state index is 0.328. The maximum atomic E-state index is 9.47. The first kappa shape index (κ1) is 7.10. The number of phenols is 1. The van der Waals surface area contributed by atoms with Gasteiger partial charge in [0.2, 0.25) is 0 Å². The average Bonchev–Trinajstić information content (AvgIpc) is 2.57. The fourth-order valence-corrected chi connectivity index (χ4v) is 1.27. The molecule has 1 aliphatic rings. The molecule has 1 aromatic rings. The Bertz CT molecular complexity index is 353. The van der Waals surface area contributed by atoms with Gasteiger partial charge in [0.1, 0.15) is 5.75 Å². The number of aromatic hydroxyl groups is 1. The lowest BCUT2D eigenvalue weighted by molar-refractivity contribution is 0.473. The van der Waals surface area contributed by atoms with Crippen LogP contribution < -0.4 is 0 Å². The van der Waals surface area contributed by atoms with Gasteiger partial charge in [0.25, 0.3) is 0 Å². The Morgan fingerprint density at radius 2 is 2.08 bits per heavy atom. The number of aliphatic imine (C=N–C) groups is 1. The molecule has 2 heteroatoms. The van der Waals surface area contributed by atoms with Crippen LogP contribution >= 0.6 is 0 Å². The highest BCUT2D eigenvalue weighted by atomic mass is 16.3. The van der Waals surface area contributed by atoms with Crippen LogP contribution in [-0.4, -0.2) is 11.3 Å². The summed E-state index contributed by atoms with van der Waals surface area (Å²) in [7, 11) is 0.